The molecule has 0 bridgehead atoms. The van der Waals surface area contributed by atoms with Gasteiger partial charge in [0.05, 0.1) is 11.1 Å². The van der Waals surface area contributed by atoms with Crippen LogP contribution in [0.4, 0.5) is 0 Å². The maximum Gasteiger partial charge on any atom is 0.490 e. The van der Waals surface area contributed by atoms with E-state index in [0.29, 0.717) is 5.46 Å². The Kier molecular flexibility index (Phi) is 7.83. The van der Waals surface area contributed by atoms with Crippen LogP contribution >= 0.6 is 0 Å². The SMILES string of the molecule is COB(O)c1ccc(C(=O)O)cc1.O=C(O)c1ccc(B(O)O)cc1. The van der Waals surface area contributed by atoms with Gasteiger partial charge in [-0.05, 0) is 35.2 Å². The fourth-order valence-corrected chi connectivity index (χ4v) is 1.72. The molecule has 0 aliphatic carbocycles. The van der Waals surface area contributed by atoms with Gasteiger partial charge in [0.1, 0.15) is 0 Å². The van der Waals surface area contributed by atoms with Crippen molar-refractivity contribution in [2.24, 2.45) is 0 Å². The lowest BCUT2D eigenvalue weighted by atomic mass is 9.79. The van der Waals surface area contributed by atoms with Gasteiger partial charge in [0.25, 0.3) is 0 Å². The summed E-state index contributed by atoms with van der Waals surface area (Å²) in [5.41, 5.74) is 1.12. The molecule has 8 nitrogen and oxygen atoms in total. The summed E-state index contributed by atoms with van der Waals surface area (Å²) in [5.74, 6) is -2.02. The lowest BCUT2D eigenvalue weighted by Gasteiger charge is -2.03. The highest BCUT2D eigenvalue weighted by molar-refractivity contribution is 6.60. The Morgan fingerprint density at radius 3 is 1.40 bits per heavy atom. The van der Waals surface area contributed by atoms with Crippen molar-refractivity contribution in [2.45, 2.75) is 0 Å². The van der Waals surface area contributed by atoms with Gasteiger partial charge >= 0.3 is 26.2 Å². The minimum atomic E-state index is -1.55. The van der Waals surface area contributed by atoms with E-state index >= 15 is 0 Å². The molecular formula is C15H16B2O8. The van der Waals surface area contributed by atoms with Gasteiger partial charge in [-0.3, -0.25) is 0 Å². The van der Waals surface area contributed by atoms with Crippen molar-refractivity contribution in [3.05, 3.63) is 59.7 Å². The summed E-state index contributed by atoms with van der Waals surface area (Å²) in [5, 5.41) is 43.6. The zero-order valence-corrected chi connectivity index (χ0v) is 13.2. The Morgan fingerprint density at radius 2 is 1.12 bits per heavy atom. The van der Waals surface area contributed by atoms with E-state index in [-0.39, 0.29) is 16.6 Å². The molecule has 0 aliphatic heterocycles. The minimum absolute atomic E-state index is 0.124. The van der Waals surface area contributed by atoms with Crippen LogP contribution in [0.5, 0.6) is 0 Å². The van der Waals surface area contributed by atoms with E-state index in [4.69, 9.17) is 20.3 Å². The van der Waals surface area contributed by atoms with Crippen LogP contribution < -0.4 is 10.9 Å². The van der Waals surface area contributed by atoms with Gasteiger partial charge < -0.3 is 29.9 Å². The zero-order chi connectivity index (χ0) is 19.0. The van der Waals surface area contributed by atoms with Crippen LogP contribution in [0.3, 0.4) is 0 Å². The molecular weight excluding hydrogens is 330 g/mol. The lowest BCUT2D eigenvalue weighted by molar-refractivity contribution is 0.0686. The van der Waals surface area contributed by atoms with Crippen LogP contribution in [0.1, 0.15) is 20.7 Å². The van der Waals surface area contributed by atoms with E-state index in [9.17, 15) is 14.6 Å². The van der Waals surface area contributed by atoms with Crippen LogP contribution in [0.25, 0.3) is 0 Å². The molecule has 0 fully saturated rings. The maximum absolute atomic E-state index is 10.5. The van der Waals surface area contributed by atoms with Crippen LogP contribution in [-0.4, -0.2) is 58.6 Å². The van der Waals surface area contributed by atoms with Gasteiger partial charge in [0, 0.05) is 7.11 Å². The Balaban J connectivity index is 0.000000251. The number of carboxylic acid groups (broad SMARTS) is 2. The summed E-state index contributed by atoms with van der Waals surface area (Å²) >= 11 is 0. The largest absolute Gasteiger partial charge is 0.490 e. The third kappa shape index (κ3) is 6.40. The summed E-state index contributed by atoms with van der Waals surface area (Å²) in [6.07, 6.45) is 0. The zero-order valence-electron chi connectivity index (χ0n) is 13.2. The first-order valence-corrected chi connectivity index (χ1v) is 6.99. The number of carbonyl (C=O) groups is 2. The molecule has 0 aromatic heterocycles. The number of aromatic carboxylic acids is 2. The topological polar surface area (TPSA) is 145 Å². The molecule has 0 unspecified atom stereocenters. The third-order valence-corrected chi connectivity index (χ3v) is 3.12. The fourth-order valence-electron chi connectivity index (χ4n) is 1.72. The van der Waals surface area contributed by atoms with Gasteiger partial charge in [0.15, 0.2) is 0 Å². The number of rotatable bonds is 5. The van der Waals surface area contributed by atoms with Gasteiger partial charge in [-0.15, -0.1) is 0 Å². The third-order valence-electron chi connectivity index (χ3n) is 3.12. The van der Waals surface area contributed by atoms with E-state index in [1.165, 1.54) is 55.6 Å². The molecule has 0 saturated heterocycles. The van der Waals surface area contributed by atoms with Crippen molar-refractivity contribution in [1.82, 2.24) is 0 Å². The second-order valence-corrected chi connectivity index (χ2v) is 4.82. The normalized spacial score (nSPS) is 9.60. The first kappa shape index (κ1) is 20.4. The second kappa shape index (κ2) is 9.60. The second-order valence-electron chi connectivity index (χ2n) is 4.82. The Bertz CT molecular complexity index is 700. The summed E-state index contributed by atoms with van der Waals surface area (Å²) < 4.78 is 4.64. The average Bonchev–Trinajstić information content (AvgIpc) is 2.61. The summed E-state index contributed by atoms with van der Waals surface area (Å²) in [4.78, 5) is 20.8. The number of benzene rings is 2. The molecule has 130 valence electrons. The van der Waals surface area contributed by atoms with Crippen molar-refractivity contribution in [2.75, 3.05) is 7.11 Å². The van der Waals surface area contributed by atoms with E-state index in [2.05, 4.69) is 4.65 Å². The molecule has 0 spiro atoms. The first-order valence-electron chi connectivity index (χ1n) is 6.99. The molecule has 0 saturated carbocycles. The summed E-state index contributed by atoms with van der Waals surface area (Å²) in [7, 11) is -1.17. The Hall–Kier alpha value is -2.65. The van der Waals surface area contributed by atoms with Crippen LogP contribution in [0.2, 0.25) is 0 Å². The number of hydrogen-bond donors (Lipinski definition) is 5. The van der Waals surface area contributed by atoms with Gasteiger partial charge in [-0.1, -0.05) is 24.3 Å². The van der Waals surface area contributed by atoms with E-state index in [0.717, 1.165) is 0 Å². The predicted octanol–water partition coefficient (Wildman–Crippen LogP) is -1.22. The number of hydrogen-bond acceptors (Lipinski definition) is 6. The van der Waals surface area contributed by atoms with E-state index in [1.54, 1.807) is 0 Å². The van der Waals surface area contributed by atoms with E-state index in [1.807, 2.05) is 0 Å². The summed E-state index contributed by atoms with van der Waals surface area (Å²) in [6.45, 7) is 0. The van der Waals surface area contributed by atoms with Crippen molar-refractivity contribution in [3.8, 4) is 0 Å². The molecule has 0 radical (unpaired) electrons. The molecule has 2 aromatic carbocycles. The van der Waals surface area contributed by atoms with Crippen molar-refractivity contribution in [1.29, 1.82) is 0 Å². The molecule has 2 aromatic rings. The van der Waals surface area contributed by atoms with Crippen molar-refractivity contribution < 1.29 is 39.5 Å². The Morgan fingerprint density at radius 1 is 0.760 bits per heavy atom. The van der Waals surface area contributed by atoms with Gasteiger partial charge in [-0.25, -0.2) is 9.59 Å². The highest BCUT2D eigenvalue weighted by atomic mass is 16.5. The fraction of sp³-hybridized carbons (Fsp3) is 0.0667. The quantitative estimate of drug-likeness (QED) is 0.424. The molecule has 0 amide bonds. The van der Waals surface area contributed by atoms with Crippen LogP contribution in [-0.2, 0) is 4.65 Å². The van der Waals surface area contributed by atoms with Crippen LogP contribution in [0, 0.1) is 0 Å². The highest BCUT2D eigenvalue weighted by Gasteiger charge is 2.14. The molecule has 0 heterocycles. The molecule has 5 N–H and O–H groups in total. The molecule has 10 heteroatoms. The maximum atomic E-state index is 10.5. The van der Waals surface area contributed by atoms with Gasteiger partial charge in [0.2, 0.25) is 0 Å². The first-order chi connectivity index (χ1) is 11.8. The van der Waals surface area contributed by atoms with E-state index < -0.39 is 26.2 Å². The smallest absolute Gasteiger partial charge is 0.478 e. The molecule has 25 heavy (non-hydrogen) atoms. The minimum Gasteiger partial charge on any atom is -0.478 e. The molecule has 2 rings (SSSR count). The lowest BCUT2D eigenvalue weighted by Crippen LogP contribution is -2.32. The molecule has 0 atom stereocenters. The predicted molar refractivity (Wildman–Crippen MR) is 91.2 cm³/mol. The molecule has 0 aliphatic rings. The van der Waals surface area contributed by atoms with Crippen molar-refractivity contribution in [3.63, 3.8) is 0 Å². The Labute approximate surface area is 144 Å². The van der Waals surface area contributed by atoms with Gasteiger partial charge in [-0.2, -0.15) is 0 Å². The van der Waals surface area contributed by atoms with Crippen LogP contribution in [0.15, 0.2) is 48.5 Å². The monoisotopic (exact) mass is 346 g/mol. The average molecular weight is 346 g/mol. The highest BCUT2D eigenvalue weighted by Crippen LogP contribution is 1.97. The standard InChI is InChI=1S/C8H9BO4.C7H7BO4/c1-13-9(12)7-4-2-6(3-5-7)8(10)11;9-7(10)5-1-3-6(4-2-5)8(11)12/h2-5,12H,1H3,(H,10,11);1-4,11-12H,(H,9,10). The summed E-state index contributed by atoms with van der Waals surface area (Å²) in [6, 6.07) is 11.2. The van der Waals surface area contributed by atoms with Crippen molar-refractivity contribution >= 4 is 37.1 Å². The number of carboxylic acids is 2.